The third-order valence-corrected chi connectivity index (χ3v) is 3.82. The number of benzene rings is 2. The smallest absolute Gasteiger partial charge is 0.0486 e. The van der Waals surface area contributed by atoms with E-state index in [9.17, 15) is 0 Å². The molecule has 2 N–H and O–H groups in total. The van der Waals surface area contributed by atoms with Crippen molar-refractivity contribution in [3.05, 3.63) is 64.3 Å². The van der Waals surface area contributed by atoms with Gasteiger partial charge in [-0.3, -0.25) is 0 Å². The Labute approximate surface area is 121 Å². The van der Waals surface area contributed by atoms with Crippen LogP contribution in [0.1, 0.15) is 11.1 Å². The maximum absolute atomic E-state index is 5.89. The van der Waals surface area contributed by atoms with Gasteiger partial charge in [-0.2, -0.15) is 0 Å². The van der Waals surface area contributed by atoms with Crippen molar-refractivity contribution >= 4 is 32.5 Å². The molecule has 0 amide bonds. The van der Waals surface area contributed by atoms with E-state index in [0.29, 0.717) is 0 Å². The second-order valence-electron chi connectivity index (χ2n) is 4.84. The van der Waals surface area contributed by atoms with E-state index >= 15 is 0 Å². The van der Waals surface area contributed by atoms with Gasteiger partial charge < -0.3 is 10.3 Å². The molecular formula is C16H15BrN2. The molecule has 3 aromatic rings. The maximum atomic E-state index is 5.89. The Morgan fingerprint density at radius 2 is 2.00 bits per heavy atom. The molecule has 0 saturated heterocycles. The van der Waals surface area contributed by atoms with Gasteiger partial charge in [0.25, 0.3) is 0 Å². The zero-order chi connectivity index (χ0) is 13.4. The molecule has 0 radical (unpaired) electrons. The van der Waals surface area contributed by atoms with Crippen LogP contribution in [0, 0.1) is 6.92 Å². The zero-order valence-electron chi connectivity index (χ0n) is 10.7. The highest BCUT2D eigenvalue weighted by Crippen LogP contribution is 2.22. The summed E-state index contributed by atoms with van der Waals surface area (Å²) in [6.07, 6.45) is 2.13. The molecule has 19 heavy (non-hydrogen) atoms. The zero-order valence-corrected chi connectivity index (χ0v) is 12.3. The Kier molecular flexibility index (Phi) is 3.07. The van der Waals surface area contributed by atoms with E-state index in [1.54, 1.807) is 0 Å². The first kappa shape index (κ1) is 12.3. The molecule has 2 aromatic carbocycles. The number of rotatable bonds is 2. The Hall–Kier alpha value is -1.74. The van der Waals surface area contributed by atoms with Crippen molar-refractivity contribution in [1.82, 2.24) is 4.57 Å². The molecule has 0 unspecified atom stereocenters. The molecule has 0 aliphatic carbocycles. The van der Waals surface area contributed by atoms with Crippen LogP contribution >= 0.6 is 15.9 Å². The van der Waals surface area contributed by atoms with Gasteiger partial charge in [0, 0.05) is 33.8 Å². The van der Waals surface area contributed by atoms with E-state index in [4.69, 9.17) is 5.73 Å². The van der Waals surface area contributed by atoms with Gasteiger partial charge in [-0.15, -0.1) is 0 Å². The largest absolute Gasteiger partial charge is 0.399 e. The summed E-state index contributed by atoms with van der Waals surface area (Å²) in [7, 11) is 0. The van der Waals surface area contributed by atoms with E-state index in [1.165, 1.54) is 22.0 Å². The molecule has 1 aromatic heterocycles. The summed E-state index contributed by atoms with van der Waals surface area (Å²) < 4.78 is 3.28. The van der Waals surface area contributed by atoms with Gasteiger partial charge in [0.1, 0.15) is 0 Å². The molecule has 0 spiro atoms. The highest BCUT2D eigenvalue weighted by molar-refractivity contribution is 9.10. The van der Waals surface area contributed by atoms with Crippen molar-refractivity contribution in [3.8, 4) is 0 Å². The van der Waals surface area contributed by atoms with Gasteiger partial charge in [-0.1, -0.05) is 28.1 Å². The summed E-state index contributed by atoms with van der Waals surface area (Å²) in [5.74, 6) is 0. The van der Waals surface area contributed by atoms with Gasteiger partial charge in [0.15, 0.2) is 0 Å². The molecule has 0 atom stereocenters. The molecule has 0 aliphatic heterocycles. The van der Waals surface area contributed by atoms with Crippen LogP contribution < -0.4 is 5.73 Å². The molecule has 2 nitrogen and oxygen atoms in total. The minimum atomic E-state index is 0.789. The second kappa shape index (κ2) is 4.74. The SMILES string of the molecule is Cc1cccc2c1ccn2Cc1cc(N)cc(Br)c1. The lowest BCUT2D eigenvalue weighted by molar-refractivity contribution is 0.836. The number of nitrogens with zero attached hydrogens (tertiary/aromatic N) is 1. The van der Waals surface area contributed by atoms with Crippen molar-refractivity contribution in [2.45, 2.75) is 13.5 Å². The molecule has 0 fully saturated rings. The van der Waals surface area contributed by atoms with E-state index in [2.05, 4.69) is 63.9 Å². The molecule has 96 valence electrons. The van der Waals surface area contributed by atoms with Crippen LogP contribution in [0.15, 0.2) is 53.1 Å². The summed E-state index contributed by atoms with van der Waals surface area (Å²) in [6, 6.07) is 14.6. The standard InChI is InChI=1S/C16H15BrN2/c1-11-3-2-4-16-15(11)5-6-19(16)10-12-7-13(17)9-14(18)8-12/h2-9H,10,18H2,1H3. The lowest BCUT2D eigenvalue weighted by Gasteiger charge is -2.08. The van der Waals surface area contributed by atoms with Crippen molar-refractivity contribution in [3.63, 3.8) is 0 Å². The Morgan fingerprint density at radius 3 is 2.79 bits per heavy atom. The predicted octanol–water partition coefficient (Wildman–Crippen LogP) is 4.34. The third kappa shape index (κ3) is 2.38. The highest BCUT2D eigenvalue weighted by atomic mass is 79.9. The fourth-order valence-corrected chi connectivity index (χ4v) is 3.04. The molecule has 0 saturated carbocycles. The Morgan fingerprint density at radius 1 is 1.16 bits per heavy atom. The first-order valence-electron chi connectivity index (χ1n) is 6.23. The van der Waals surface area contributed by atoms with E-state index in [-0.39, 0.29) is 0 Å². The maximum Gasteiger partial charge on any atom is 0.0486 e. The highest BCUT2D eigenvalue weighted by Gasteiger charge is 2.04. The predicted molar refractivity (Wildman–Crippen MR) is 84.3 cm³/mol. The van der Waals surface area contributed by atoms with Crippen molar-refractivity contribution in [1.29, 1.82) is 0 Å². The lowest BCUT2D eigenvalue weighted by atomic mass is 10.1. The number of fused-ring (bicyclic) bond motifs is 1. The fourth-order valence-electron chi connectivity index (χ4n) is 2.48. The van der Waals surface area contributed by atoms with Crippen LogP contribution in [0.3, 0.4) is 0 Å². The van der Waals surface area contributed by atoms with Crippen molar-refractivity contribution in [2.24, 2.45) is 0 Å². The summed E-state index contributed by atoms with van der Waals surface area (Å²) in [5, 5.41) is 1.31. The van der Waals surface area contributed by atoms with E-state index in [0.717, 1.165) is 16.7 Å². The number of hydrogen-bond donors (Lipinski definition) is 1. The van der Waals surface area contributed by atoms with Crippen LogP contribution in [-0.4, -0.2) is 4.57 Å². The summed E-state index contributed by atoms with van der Waals surface area (Å²) in [4.78, 5) is 0. The molecule has 3 heteroatoms. The lowest BCUT2D eigenvalue weighted by Crippen LogP contribution is -1.99. The van der Waals surface area contributed by atoms with Gasteiger partial charge in [-0.05, 0) is 48.4 Å². The van der Waals surface area contributed by atoms with Gasteiger partial charge in [0.2, 0.25) is 0 Å². The number of halogens is 1. The molecule has 0 bridgehead atoms. The fraction of sp³-hybridized carbons (Fsp3) is 0.125. The monoisotopic (exact) mass is 314 g/mol. The van der Waals surface area contributed by atoms with E-state index < -0.39 is 0 Å². The summed E-state index contributed by atoms with van der Waals surface area (Å²) >= 11 is 3.49. The second-order valence-corrected chi connectivity index (χ2v) is 5.76. The summed E-state index contributed by atoms with van der Waals surface area (Å²) in [6.45, 7) is 2.97. The number of aromatic nitrogens is 1. The van der Waals surface area contributed by atoms with Crippen LogP contribution in [0.25, 0.3) is 10.9 Å². The van der Waals surface area contributed by atoms with E-state index in [1.807, 2.05) is 12.1 Å². The molecule has 3 rings (SSSR count). The average Bonchev–Trinajstić information content (AvgIpc) is 2.73. The minimum absolute atomic E-state index is 0.789. The van der Waals surface area contributed by atoms with Crippen molar-refractivity contribution in [2.75, 3.05) is 5.73 Å². The minimum Gasteiger partial charge on any atom is -0.399 e. The number of nitrogen functional groups attached to an aromatic ring is 1. The number of anilines is 1. The van der Waals surface area contributed by atoms with Crippen LogP contribution in [0.5, 0.6) is 0 Å². The normalized spacial score (nSPS) is 11.1. The first-order valence-corrected chi connectivity index (χ1v) is 7.02. The molecule has 0 aliphatic rings. The van der Waals surface area contributed by atoms with Crippen molar-refractivity contribution < 1.29 is 0 Å². The van der Waals surface area contributed by atoms with Crippen LogP contribution in [-0.2, 0) is 6.54 Å². The Balaban J connectivity index is 2.04. The quantitative estimate of drug-likeness (QED) is 0.701. The number of aryl methyl sites for hydroxylation is 1. The van der Waals surface area contributed by atoms with Crippen LogP contribution in [0.4, 0.5) is 5.69 Å². The molecular weight excluding hydrogens is 300 g/mol. The molecule has 1 heterocycles. The number of nitrogens with two attached hydrogens (primary N) is 1. The van der Waals surface area contributed by atoms with Gasteiger partial charge in [-0.25, -0.2) is 0 Å². The topological polar surface area (TPSA) is 30.9 Å². The number of hydrogen-bond acceptors (Lipinski definition) is 1. The van der Waals surface area contributed by atoms with Gasteiger partial charge >= 0.3 is 0 Å². The first-order chi connectivity index (χ1) is 9.13. The Bertz CT molecular complexity index is 723. The van der Waals surface area contributed by atoms with Crippen LogP contribution in [0.2, 0.25) is 0 Å². The average molecular weight is 315 g/mol. The third-order valence-electron chi connectivity index (χ3n) is 3.36. The summed E-state index contributed by atoms with van der Waals surface area (Å²) in [5.41, 5.74) is 10.4. The van der Waals surface area contributed by atoms with Gasteiger partial charge in [0.05, 0.1) is 0 Å².